The Labute approximate surface area is 155 Å². The van der Waals surface area contributed by atoms with E-state index in [4.69, 9.17) is 10.5 Å². The van der Waals surface area contributed by atoms with Gasteiger partial charge in [-0.25, -0.2) is 4.98 Å². The van der Waals surface area contributed by atoms with Crippen LogP contribution in [0.15, 0.2) is 5.38 Å². The maximum absolute atomic E-state index is 12.6. The van der Waals surface area contributed by atoms with Gasteiger partial charge in [-0.05, 0) is 19.4 Å². The first-order chi connectivity index (χ1) is 10.9. The van der Waals surface area contributed by atoms with Crippen LogP contribution in [-0.2, 0) is 11.2 Å². The first kappa shape index (κ1) is 21.4. The lowest BCUT2D eigenvalue weighted by atomic mass is 9.63. The molecule has 0 aliphatic heterocycles. The Balaban J connectivity index is 0.00000288. The van der Waals surface area contributed by atoms with E-state index < -0.39 is 0 Å². The lowest BCUT2D eigenvalue weighted by Crippen LogP contribution is -2.62. The molecule has 2 unspecified atom stereocenters. The molecule has 0 bridgehead atoms. The van der Waals surface area contributed by atoms with E-state index in [0.29, 0.717) is 12.2 Å². The van der Waals surface area contributed by atoms with Crippen molar-refractivity contribution in [1.82, 2.24) is 9.88 Å². The van der Waals surface area contributed by atoms with Gasteiger partial charge in [-0.3, -0.25) is 4.79 Å². The minimum atomic E-state index is -0.0196. The third-order valence-corrected chi connectivity index (χ3v) is 5.77. The number of hydrogen-bond donors (Lipinski definition) is 1. The fourth-order valence-corrected chi connectivity index (χ4v) is 3.93. The number of unbranched alkanes of at least 4 members (excludes halogenated alkanes) is 1. The zero-order chi connectivity index (χ0) is 17.0. The predicted octanol–water partition coefficient (Wildman–Crippen LogP) is 3.12. The molecule has 138 valence electrons. The number of nitrogens with two attached hydrogens (primary N) is 1. The molecule has 1 aliphatic rings. The van der Waals surface area contributed by atoms with Gasteiger partial charge in [-0.1, -0.05) is 27.2 Å². The molecule has 1 saturated carbocycles. The van der Waals surface area contributed by atoms with Gasteiger partial charge in [0.1, 0.15) is 5.69 Å². The summed E-state index contributed by atoms with van der Waals surface area (Å²) in [6, 6.07) is 0.196. The number of carbonyl (C=O) groups is 1. The molecule has 1 aliphatic carbocycles. The average molecular weight is 376 g/mol. The van der Waals surface area contributed by atoms with Gasteiger partial charge in [0.15, 0.2) is 0 Å². The standard InChI is InChI=1S/C17H29N3O2S.ClH/c1-5-6-9-22-14-10-13(17(14,2)3)20(4)16(21)12-11-23-15(19-12)7-8-18;/h11,13-14H,5-10,18H2,1-4H3;1H. The molecule has 0 aromatic carbocycles. The minimum Gasteiger partial charge on any atom is -0.378 e. The van der Waals surface area contributed by atoms with Crippen LogP contribution in [0.2, 0.25) is 0 Å². The fourth-order valence-electron chi connectivity index (χ4n) is 3.14. The van der Waals surface area contributed by atoms with Crippen molar-refractivity contribution in [3.8, 4) is 0 Å². The quantitative estimate of drug-likeness (QED) is 0.709. The number of amides is 1. The number of rotatable bonds is 8. The van der Waals surface area contributed by atoms with E-state index in [-0.39, 0.29) is 35.9 Å². The van der Waals surface area contributed by atoms with Crippen molar-refractivity contribution in [3.63, 3.8) is 0 Å². The highest BCUT2D eigenvalue weighted by Crippen LogP contribution is 2.45. The van der Waals surface area contributed by atoms with Crippen molar-refractivity contribution in [1.29, 1.82) is 0 Å². The molecule has 1 fully saturated rings. The van der Waals surface area contributed by atoms with E-state index in [1.165, 1.54) is 11.3 Å². The number of aromatic nitrogens is 1. The summed E-state index contributed by atoms with van der Waals surface area (Å²) in [7, 11) is 1.87. The molecular weight excluding hydrogens is 346 g/mol. The molecule has 2 rings (SSSR count). The Morgan fingerprint density at radius 2 is 2.25 bits per heavy atom. The molecule has 1 amide bonds. The largest absolute Gasteiger partial charge is 0.378 e. The predicted molar refractivity (Wildman–Crippen MR) is 101 cm³/mol. The van der Waals surface area contributed by atoms with E-state index in [1.807, 2.05) is 17.3 Å². The Kier molecular flexibility index (Phi) is 8.12. The number of carbonyl (C=O) groups excluding carboxylic acids is 1. The number of halogens is 1. The summed E-state index contributed by atoms with van der Waals surface area (Å²) in [5.74, 6) is -0.00500. The van der Waals surface area contributed by atoms with Crippen LogP contribution in [0.25, 0.3) is 0 Å². The molecule has 0 spiro atoms. The highest BCUT2D eigenvalue weighted by Gasteiger charge is 2.52. The van der Waals surface area contributed by atoms with Crippen LogP contribution in [0.3, 0.4) is 0 Å². The normalized spacial score (nSPS) is 21.7. The molecule has 1 aromatic rings. The number of hydrogen-bond acceptors (Lipinski definition) is 5. The zero-order valence-corrected chi connectivity index (χ0v) is 16.7. The van der Waals surface area contributed by atoms with Gasteiger partial charge in [0, 0.05) is 36.9 Å². The van der Waals surface area contributed by atoms with E-state index in [0.717, 1.165) is 37.3 Å². The summed E-state index contributed by atoms with van der Waals surface area (Å²) in [5.41, 5.74) is 6.06. The van der Waals surface area contributed by atoms with Crippen LogP contribution in [0.1, 0.15) is 55.5 Å². The molecule has 5 nitrogen and oxygen atoms in total. The second-order valence-electron chi connectivity index (χ2n) is 6.87. The van der Waals surface area contributed by atoms with Crippen molar-refractivity contribution in [2.45, 2.75) is 58.6 Å². The van der Waals surface area contributed by atoms with Crippen LogP contribution in [0, 0.1) is 5.41 Å². The van der Waals surface area contributed by atoms with Crippen LogP contribution in [0.5, 0.6) is 0 Å². The molecule has 7 heteroatoms. The minimum absolute atomic E-state index is 0. The van der Waals surface area contributed by atoms with E-state index in [1.54, 1.807) is 0 Å². The topological polar surface area (TPSA) is 68.5 Å². The molecule has 0 saturated heterocycles. The Hall–Kier alpha value is -0.690. The van der Waals surface area contributed by atoms with Crippen molar-refractivity contribution in [3.05, 3.63) is 16.1 Å². The van der Waals surface area contributed by atoms with Gasteiger partial charge in [-0.2, -0.15) is 0 Å². The maximum atomic E-state index is 12.6. The Morgan fingerprint density at radius 3 is 2.83 bits per heavy atom. The van der Waals surface area contributed by atoms with E-state index in [9.17, 15) is 4.79 Å². The number of thiazole rings is 1. The lowest BCUT2D eigenvalue weighted by molar-refractivity contribution is -0.140. The van der Waals surface area contributed by atoms with Crippen molar-refractivity contribution in [2.75, 3.05) is 20.2 Å². The molecule has 1 heterocycles. The summed E-state index contributed by atoms with van der Waals surface area (Å²) >= 11 is 1.51. The Morgan fingerprint density at radius 1 is 1.54 bits per heavy atom. The molecule has 1 aromatic heterocycles. The van der Waals surface area contributed by atoms with Crippen molar-refractivity contribution in [2.24, 2.45) is 11.1 Å². The van der Waals surface area contributed by atoms with Gasteiger partial charge in [0.2, 0.25) is 0 Å². The highest BCUT2D eigenvalue weighted by molar-refractivity contribution is 7.09. The second-order valence-corrected chi connectivity index (χ2v) is 7.81. The van der Waals surface area contributed by atoms with Gasteiger partial charge in [0.05, 0.1) is 11.1 Å². The van der Waals surface area contributed by atoms with Crippen molar-refractivity contribution < 1.29 is 9.53 Å². The van der Waals surface area contributed by atoms with Crippen LogP contribution < -0.4 is 5.73 Å². The first-order valence-corrected chi connectivity index (χ1v) is 9.33. The summed E-state index contributed by atoms with van der Waals surface area (Å²) in [6.45, 7) is 7.90. The van der Waals surface area contributed by atoms with Gasteiger partial charge >= 0.3 is 0 Å². The van der Waals surface area contributed by atoms with Crippen LogP contribution in [0.4, 0.5) is 0 Å². The summed E-state index contributed by atoms with van der Waals surface area (Å²) in [4.78, 5) is 18.9. The average Bonchev–Trinajstić information content (AvgIpc) is 2.98. The fraction of sp³-hybridized carbons (Fsp3) is 0.765. The Bertz CT molecular complexity index is 536. The third kappa shape index (κ3) is 4.48. The van der Waals surface area contributed by atoms with E-state index >= 15 is 0 Å². The second kappa shape index (κ2) is 9.13. The zero-order valence-electron chi connectivity index (χ0n) is 15.1. The molecule has 24 heavy (non-hydrogen) atoms. The SMILES string of the molecule is CCCCOC1CC(N(C)C(=O)c2csc(CCN)n2)C1(C)C.Cl. The van der Waals surface area contributed by atoms with Crippen LogP contribution in [-0.4, -0.2) is 48.1 Å². The van der Waals surface area contributed by atoms with Gasteiger partial charge in [-0.15, -0.1) is 23.7 Å². The van der Waals surface area contributed by atoms with Crippen LogP contribution >= 0.6 is 23.7 Å². The highest BCUT2D eigenvalue weighted by atomic mass is 35.5. The lowest BCUT2D eigenvalue weighted by Gasteiger charge is -2.54. The molecule has 2 atom stereocenters. The van der Waals surface area contributed by atoms with Gasteiger partial charge in [0.25, 0.3) is 5.91 Å². The summed E-state index contributed by atoms with van der Waals surface area (Å²) < 4.78 is 5.97. The van der Waals surface area contributed by atoms with Crippen molar-refractivity contribution >= 4 is 29.7 Å². The van der Waals surface area contributed by atoms with E-state index in [2.05, 4.69) is 25.8 Å². The smallest absolute Gasteiger partial charge is 0.273 e. The number of ether oxygens (including phenoxy) is 1. The molecular formula is C17H30ClN3O2S. The number of nitrogens with zero attached hydrogens (tertiary/aromatic N) is 2. The molecule has 2 N–H and O–H groups in total. The molecule has 0 radical (unpaired) electrons. The summed E-state index contributed by atoms with van der Waals surface area (Å²) in [5, 5.41) is 2.77. The summed E-state index contributed by atoms with van der Waals surface area (Å²) in [6.07, 6.45) is 4.10. The first-order valence-electron chi connectivity index (χ1n) is 8.45. The van der Waals surface area contributed by atoms with Gasteiger partial charge < -0.3 is 15.4 Å². The maximum Gasteiger partial charge on any atom is 0.273 e. The third-order valence-electron chi connectivity index (χ3n) is 4.86. The monoisotopic (exact) mass is 375 g/mol.